The van der Waals surface area contributed by atoms with Gasteiger partial charge in [-0.05, 0) is 79.4 Å². The van der Waals surface area contributed by atoms with Crippen molar-refractivity contribution in [3.63, 3.8) is 0 Å². The summed E-state index contributed by atoms with van der Waals surface area (Å²) in [5.41, 5.74) is 4.84. The number of nitrogens with one attached hydrogen (secondary N) is 2. The van der Waals surface area contributed by atoms with Gasteiger partial charge in [0.15, 0.2) is 11.9 Å². The predicted molar refractivity (Wildman–Crippen MR) is 169 cm³/mol. The minimum Gasteiger partial charge on any atom is -0.494 e. The van der Waals surface area contributed by atoms with Crippen LogP contribution in [-0.2, 0) is 0 Å². The number of rotatable bonds is 11. The monoisotopic (exact) mass is 581 g/mol. The average Bonchev–Trinajstić information content (AvgIpc) is 3.43. The van der Waals surface area contributed by atoms with Gasteiger partial charge in [0.1, 0.15) is 5.75 Å². The standard InChI is InChI=1S/C34H36ClN5O2/c35-27-13-5-14-29(23-27)36-33(41)26-12-4-11-25(22-26)31-15-6-16-32-38-34(39-40(31)32)37-28-17-19-30(20-18-28)42-21-7-10-24-8-2-1-3-9-24/h4-6,11-20,22-24,33,36,41H,1-3,7-10,21H2,(H,37,39). The number of anilines is 3. The second-order valence-electron chi connectivity index (χ2n) is 10.9. The van der Waals surface area contributed by atoms with E-state index in [-0.39, 0.29) is 0 Å². The second kappa shape index (κ2) is 13.3. The number of hydrogen-bond acceptors (Lipinski definition) is 6. The molecule has 2 heterocycles. The van der Waals surface area contributed by atoms with Crippen molar-refractivity contribution in [3.05, 3.63) is 102 Å². The Morgan fingerprint density at radius 3 is 2.55 bits per heavy atom. The minimum atomic E-state index is -0.903. The minimum absolute atomic E-state index is 0.502. The zero-order valence-electron chi connectivity index (χ0n) is 23.5. The lowest BCUT2D eigenvalue weighted by Crippen LogP contribution is -2.09. The van der Waals surface area contributed by atoms with Crippen LogP contribution in [0.1, 0.15) is 56.7 Å². The molecule has 2 aromatic heterocycles. The number of hydrogen-bond donors (Lipinski definition) is 3. The topological polar surface area (TPSA) is 83.7 Å². The van der Waals surface area contributed by atoms with Gasteiger partial charge in [-0.2, -0.15) is 4.98 Å². The molecule has 0 spiro atoms. The largest absolute Gasteiger partial charge is 0.494 e. The van der Waals surface area contributed by atoms with Gasteiger partial charge in [0, 0.05) is 27.5 Å². The van der Waals surface area contributed by atoms with Crippen molar-refractivity contribution in [3.8, 4) is 17.0 Å². The molecule has 3 N–H and O–H groups in total. The van der Waals surface area contributed by atoms with E-state index in [9.17, 15) is 5.11 Å². The number of aliphatic hydroxyl groups is 1. The highest BCUT2D eigenvalue weighted by Gasteiger charge is 2.14. The molecule has 8 heteroatoms. The molecule has 0 radical (unpaired) electrons. The number of benzene rings is 3. The Morgan fingerprint density at radius 2 is 1.71 bits per heavy atom. The van der Waals surface area contributed by atoms with Gasteiger partial charge < -0.3 is 20.5 Å². The third-order valence-corrected chi connectivity index (χ3v) is 8.08. The third-order valence-electron chi connectivity index (χ3n) is 7.85. The molecule has 1 atom stereocenters. The summed E-state index contributed by atoms with van der Waals surface area (Å²) in [4.78, 5) is 4.68. The molecule has 1 aliphatic carbocycles. The molecule has 5 aromatic rings. The first-order valence-corrected chi connectivity index (χ1v) is 15.1. The number of halogens is 1. The first-order valence-electron chi connectivity index (χ1n) is 14.8. The molecule has 6 rings (SSSR count). The van der Waals surface area contributed by atoms with Crippen LogP contribution in [-0.4, -0.2) is 26.3 Å². The van der Waals surface area contributed by atoms with Gasteiger partial charge in [-0.1, -0.05) is 74.0 Å². The van der Waals surface area contributed by atoms with Gasteiger partial charge >= 0.3 is 0 Å². The lowest BCUT2D eigenvalue weighted by molar-refractivity contribution is 0.208. The van der Waals surface area contributed by atoms with E-state index in [4.69, 9.17) is 21.4 Å². The molecule has 1 fully saturated rings. The fourth-order valence-electron chi connectivity index (χ4n) is 5.67. The molecule has 1 saturated carbocycles. The molecule has 1 unspecified atom stereocenters. The van der Waals surface area contributed by atoms with E-state index in [1.807, 2.05) is 83.4 Å². The summed E-state index contributed by atoms with van der Waals surface area (Å²) in [5, 5.41) is 22.6. The van der Waals surface area contributed by atoms with Crippen LogP contribution in [0.25, 0.3) is 16.9 Å². The molecule has 0 saturated heterocycles. The lowest BCUT2D eigenvalue weighted by Gasteiger charge is -2.21. The fourth-order valence-corrected chi connectivity index (χ4v) is 5.86. The zero-order chi connectivity index (χ0) is 28.7. The maximum absolute atomic E-state index is 10.8. The predicted octanol–water partition coefficient (Wildman–Crippen LogP) is 8.64. The van der Waals surface area contributed by atoms with Crippen molar-refractivity contribution in [2.45, 2.75) is 51.2 Å². The third kappa shape index (κ3) is 7.04. The highest BCUT2D eigenvalue weighted by atomic mass is 35.5. The van der Waals surface area contributed by atoms with Crippen molar-refractivity contribution in [1.82, 2.24) is 14.6 Å². The maximum Gasteiger partial charge on any atom is 0.247 e. The van der Waals surface area contributed by atoms with Crippen molar-refractivity contribution in [2.75, 3.05) is 17.2 Å². The Hall–Kier alpha value is -4.07. The van der Waals surface area contributed by atoms with Gasteiger partial charge in [-0.3, -0.25) is 0 Å². The first kappa shape index (κ1) is 28.1. The van der Waals surface area contributed by atoms with E-state index < -0.39 is 6.23 Å². The number of aromatic nitrogens is 3. The van der Waals surface area contributed by atoms with Gasteiger partial charge in [0.05, 0.1) is 12.3 Å². The highest BCUT2D eigenvalue weighted by Crippen LogP contribution is 2.29. The van der Waals surface area contributed by atoms with E-state index >= 15 is 0 Å². The molecule has 42 heavy (non-hydrogen) atoms. The van der Waals surface area contributed by atoms with Crippen molar-refractivity contribution >= 4 is 34.6 Å². The quantitative estimate of drug-likeness (QED) is 0.107. The number of aliphatic hydroxyl groups excluding tert-OH is 1. The normalized spacial score (nSPS) is 14.5. The van der Waals surface area contributed by atoms with Crippen molar-refractivity contribution in [1.29, 1.82) is 0 Å². The van der Waals surface area contributed by atoms with Gasteiger partial charge in [-0.15, -0.1) is 5.10 Å². The smallest absolute Gasteiger partial charge is 0.247 e. The first-order chi connectivity index (χ1) is 20.6. The fraction of sp³-hybridized carbons (Fsp3) is 0.294. The molecule has 7 nitrogen and oxygen atoms in total. The lowest BCUT2D eigenvalue weighted by atomic mass is 9.86. The Bertz CT molecular complexity index is 1610. The summed E-state index contributed by atoms with van der Waals surface area (Å²) >= 11 is 6.09. The van der Waals surface area contributed by atoms with Crippen LogP contribution in [0.2, 0.25) is 5.02 Å². The Balaban J connectivity index is 1.10. The van der Waals surface area contributed by atoms with Crippen LogP contribution in [0.4, 0.5) is 17.3 Å². The summed E-state index contributed by atoms with van der Waals surface area (Å²) in [7, 11) is 0. The van der Waals surface area contributed by atoms with Gasteiger partial charge in [0.2, 0.25) is 5.95 Å². The number of ether oxygens (including phenoxy) is 1. The second-order valence-corrected chi connectivity index (χ2v) is 11.4. The van der Waals surface area contributed by atoms with Crippen LogP contribution >= 0.6 is 11.6 Å². The van der Waals surface area contributed by atoms with E-state index in [0.29, 0.717) is 11.0 Å². The van der Waals surface area contributed by atoms with Crippen LogP contribution in [0.3, 0.4) is 0 Å². The summed E-state index contributed by atoms with van der Waals surface area (Å²) in [5.74, 6) is 2.27. The van der Waals surface area contributed by atoms with E-state index in [2.05, 4.69) is 15.6 Å². The molecule has 0 amide bonds. The maximum atomic E-state index is 10.8. The van der Waals surface area contributed by atoms with Crippen molar-refractivity contribution in [2.24, 2.45) is 5.92 Å². The molecular weight excluding hydrogens is 546 g/mol. The average molecular weight is 582 g/mol. The van der Waals surface area contributed by atoms with Crippen LogP contribution in [0, 0.1) is 5.92 Å². The van der Waals surface area contributed by atoms with Gasteiger partial charge in [-0.25, -0.2) is 4.52 Å². The summed E-state index contributed by atoms with van der Waals surface area (Å²) in [6.45, 7) is 0.759. The van der Waals surface area contributed by atoms with Crippen LogP contribution in [0.5, 0.6) is 5.75 Å². The highest BCUT2D eigenvalue weighted by molar-refractivity contribution is 6.30. The Morgan fingerprint density at radius 1 is 0.905 bits per heavy atom. The van der Waals surface area contributed by atoms with Crippen molar-refractivity contribution < 1.29 is 9.84 Å². The molecule has 3 aromatic carbocycles. The summed E-state index contributed by atoms with van der Waals surface area (Å²) in [6.07, 6.45) is 8.44. The summed E-state index contributed by atoms with van der Waals surface area (Å²) in [6, 6.07) is 28.8. The summed E-state index contributed by atoms with van der Waals surface area (Å²) < 4.78 is 7.80. The zero-order valence-corrected chi connectivity index (χ0v) is 24.3. The molecule has 216 valence electrons. The Kier molecular flexibility index (Phi) is 8.87. The molecule has 0 aliphatic heterocycles. The van der Waals surface area contributed by atoms with E-state index in [1.54, 1.807) is 12.1 Å². The number of nitrogens with zero attached hydrogens (tertiary/aromatic N) is 3. The number of pyridine rings is 1. The van der Waals surface area contributed by atoms with E-state index in [1.165, 1.54) is 38.5 Å². The molecular formula is C34H36ClN5O2. The van der Waals surface area contributed by atoms with Crippen LogP contribution < -0.4 is 15.4 Å². The number of fused-ring (bicyclic) bond motifs is 1. The van der Waals surface area contributed by atoms with E-state index in [0.717, 1.165) is 58.5 Å². The molecule has 1 aliphatic rings. The molecule has 0 bridgehead atoms. The SMILES string of the molecule is OC(Nc1cccc(Cl)c1)c1cccc(-c2cccc3nc(Nc4ccc(OCCCC5CCCCC5)cc4)nn23)c1. The van der Waals surface area contributed by atoms with Crippen LogP contribution in [0.15, 0.2) is 91.0 Å². The Labute approximate surface area is 251 Å². The van der Waals surface area contributed by atoms with Gasteiger partial charge in [0.25, 0.3) is 0 Å².